The number of ether oxygens (including phenoxy) is 1. The fraction of sp³-hybridized carbons (Fsp3) is 0.250. The van der Waals surface area contributed by atoms with Gasteiger partial charge < -0.3 is 19.4 Å². The summed E-state index contributed by atoms with van der Waals surface area (Å²) >= 11 is 0. The van der Waals surface area contributed by atoms with Crippen LogP contribution in [0.3, 0.4) is 0 Å². The minimum Gasteiger partial charge on any atom is -0.490 e. The summed E-state index contributed by atoms with van der Waals surface area (Å²) in [5, 5.41) is 20.1. The Kier molecular flexibility index (Phi) is 4.76. The number of rotatable bonds is 6. The second-order valence-corrected chi connectivity index (χ2v) is 6.26. The van der Waals surface area contributed by atoms with E-state index in [9.17, 15) is 9.90 Å². The van der Waals surface area contributed by atoms with E-state index in [-0.39, 0.29) is 12.2 Å². The molecule has 0 radical (unpaired) electrons. The smallest absolute Gasteiger partial charge is 0.335 e. The predicted molar refractivity (Wildman–Crippen MR) is 94.2 cm³/mol. The van der Waals surface area contributed by atoms with Crippen LogP contribution in [0, 0.1) is 0 Å². The van der Waals surface area contributed by atoms with Crippen LogP contribution in [0.4, 0.5) is 0 Å². The Morgan fingerprint density at radius 1 is 1.12 bits per heavy atom. The van der Waals surface area contributed by atoms with Crippen molar-refractivity contribution >= 4 is 16.9 Å². The lowest BCUT2D eigenvalue weighted by Crippen LogP contribution is -2.09. The molecule has 2 aromatic carbocycles. The molecule has 0 aliphatic rings. The topological polar surface area (TPSA) is 79.9 Å². The SMILES string of the molecule is CC(C)c1ccc2oc(C(O)COc3ccc(C(=O)O)cc3)cc2c1. The van der Waals surface area contributed by atoms with Gasteiger partial charge in [0.25, 0.3) is 0 Å². The van der Waals surface area contributed by atoms with Crippen LogP contribution in [0.1, 0.15) is 47.6 Å². The lowest BCUT2D eigenvalue weighted by Gasteiger charge is -2.10. The molecule has 0 aliphatic carbocycles. The van der Waals surface area contributed by atoms with E-state index in [1.807, 2.05) is 18.2 Å². The van der Waals surface area contributed by atoms with Gasteiger partial charge in [-0.05, 0) is 53.9 Å². The van der Waals surface area contributed by atoms with Gasteiger partial charge in [-0.2, -0.15) is 0 Å². The lowest BCUT2D eigenvalue weighted by molar-refractivity contribution is 0.0696. The van der Waals surface area contributed by atoms with Gasteiger partial charge in [-0.3, -0.25) is 0 Å². The van der Waals surface area contributed by atoms with E-state index >= 15 is 0 Å². The number of fused-ring (bicyclic) bond motifs is 1. The number of carbonyl (C=O) groups is 1. The summed E-state index contributed by atoms with van der Waals surface area (Å²) < 4.78 is 11.2. The molecule has 0 saturated carbocycles. The van der Waals surface area contributed by atoms with Gasteiger partial charge in [-0.15, -0.1) is 0 Å². The highest BCUT2D eigenvalue weighted by molar-refractivity contribution is 5.87. The summed E-state index contributed by atoms with van der Waals surface area (Å²) in [5.74, 6) is 0.361. The molecule has 0 spiro atoms. The Balaban J connectivity index is 1.69. The molecule has 5 heteroatoms. The first kappa shape index (κ1) is 17.0. The zero-order valence-electron chi connectivity index (χ0n) is 14.1. The maximum Gasteiger partial charge on any atom is 0.335 e. The predicted octanol–water partition coefficient (Wildman–Crippen LogP) is 4.37. The van der Waals surface area contributed by atoms with E-state index in [0.717, 1.165) is 11.0 Å². The number of carboxylic acid groups (broad SMARTS) is 1. The molecule has 1 heterocycles. The molecular weight excluding hydrogens is 320 g/mol. The first-order valence-corrected chi connectivity index (χ1v) is 8.11. The Hall–Kier alpha value is -2.79. The van der Waals surface area contributed by atoms with Crippen molar-refractivity contribution in [1.29, 1.82) is 0 Å². The minimum absolute atomic E-state index is 0.0171. The maximum atomic E-state index is 10.8. The summed E-state index contributed by atoms with van der Waals surface area (Å²) in [4.78, 5) is 10.8. The second-order valence-electron chi connectivity index (χ2n) is 6.26. The van der Waals surface area contributed by atoms with E-state index in [2.05, 4.69) is 19.9 Å². The number of hydrogen-bond acceptors (Lipinski definition) is 4. The van der Waals surface area contributed by atoms with Crippen LogP contribution in [-0.4, -0.2) is 22.8 Å². The number of carboxylic acids is 1. The van der Waals surface area contributed by atoms with E-state index in [1.54, 1.807) is 12.1 Å². The molecule has 3 rings (SSSR count). The zero-order valence-corrected chi connectivity index (χ0v) is 14.1. The summed E-state index contributed by atoms with van der Waals surface area (Å²) in [6.45, 7) is 4.27. The molecule has 1 atom stereocenters. The van der Waals surface area contributed by atoms with E-state index < -0.39 is 12.1 Å². The van der Waals surface area contributed by atoms with Crippen molar-refractivity contribution in [3.63, 3.8) is 0 Å². The molecule has 0 amide bonds. The number of aromatic carboxylic acids is 1. The van der Waals surface area contributed by atoms with Crippen LogP contribution in [0.15, 0.2) is 52.9 Å². The molecule has 0 aliphatic heterocycles. The van der Waals surface area contributed by atoms with Crippen LogP contribution in [0.5, 0.6) is 5.75 Å². The number of furan rings is 1. The first-order valence-electron chi connectivity index (χ1n) is 8.11. The van der Waals surface area contributed by atoms with E-state index in [4.69, 9.17) is 14.3 Å². The standard InChI is InChI=1S/C20H20O5/c1-12(2)14-5-8-18-15(9-14)10-19(25-18)17(21)11-24-16-6-3-13(4-7-16)20(22)23/h3-10,12,17,21H,11H2,1-2H3,(H,22,23). The number of hydrogen-bond donors (Lipinski definition) is 2. The van der Waals surface area contributed by atoms with Crippen molar-refractivity contribution in [2.24, 2.45) is 0 Å². The maximum absolute atomic E-state index is 10.8. The average Bonchev–Trinajstić information content (AvgIpc) is 3.03. The largest absolute Gasteiger partial charge is 0.490 e. The molecule has 0 fully saturated rings. The third-order valence-electron chi connectivity index (χ3n) is 4.06. The fourth-order valence-electron chi connectivity index (χ4n) is 2.56. The quantitative estimate of drug-likeness (QED) is 0.696. The average molecular weight is 340 g/mol. The van der Waals surface area contributed by atoms with Crippen LogP contribution < -0.4 is 4.74 Å². The molecule has 0 saturated heterocycles. The molecule has 0 bridgehead atoms. The highest BCUT2D eigenvalue weighted by atomic mass is 16.5. The summed E-state index contributed by atoms with van der Waals surface area (Å²) in [5.41, 5.74) is 2.12. The van der Waals surface area contributed by atoms with Gasteiger partial charge in [0.2, 0.25) is 0 Å². The summed E-state index contributed by atoms with van der Waals surface area (Å²) in [6.07, 6.45) is -0.908. The van der Waals surface area contributed by atoms with Crippen molar-refractivity contribution < 1.29 is 24.2 Å². The number of aliphatic hydroxyl groups excluding tert-OH is 1. The van der Waals surface area contributed by atoms with Crippen LogP contribution in [0.2, 0.25) is 0 Å². The van der Waals surface area contributed by atoms with Gasteiger partial charge in [-0.25, -0.2) is 4.79 Å². The molecular formula is C20H20O5. The molecule has 3 aromatic rings. The minimum atomic E-state index is -0.991. The van der Waals surface area contributed by atoms with Gasteiger partial charge in [0.05, 0.1) is 5.56 Å². The van der Waals surface area contributed by atoms with Gasteiger partial charge in [0.15, 0.2) is 0 Å². The highest BCUT2D eigenvalue weighted by Gasteiger charge is 2.15. The summed E-state index contributed by atoms with van der Waals surface area (Å²) in [7, 11) is 0. The molecule has 25 heavy (non-hydrogen) atoms. The molecule has 1 unspecified atom stereocenters. The third kappa shape index (κ3) is 3.83. The van der Waals surface area contributed by atoms with Gasteiger partial charge >= 0.3 is 5.97 Å². The monoisotopic (exact) mass is 340 g/mol. The zero-order chi connectivity index (χ0) is 18.0. The van der Waals surface area contributed by atoms with Crippen LogP contribution in [-0.2, 0) is 0 Å². The highest BCUT2D eigenvalue weighted by Crippen LogP contribution is 2.27. The normalized spacial score (nSPS) is 12.5. The molecule has 5 nitrogen and oxygen atoms in total. The molecule has 130 valence electrons. The Labute approximate surface area is 145 Å². The van der Waals surface area contributed by atoms with E-state index in [1.165, 1.54) is 17.7 Å². The number of aliphatic hydroxyl groups is 1. The van der Waals surface area contributed by atoms with Crippen molar-refractivity contribution in [2.75, 3.05) is 6.61 Å². The van der Waals surface area contributed by atoms with Gasteiger partial charge in [-0.1, -0.05) is 19.9 Å². The molecule has 1 aromatic heterocycles. The Bertz CT molecular complexity index is 877. The fourth-order valence-corrected chi connectivity index (χ4v) is 2.56. The van der Waals surface area contributed by atoms with Gasteiger partial charge in [0.1, 0.15) is 29.8 Å². The van der Waals surface area contributed by atoms with Crippen molar-refractivity contribution in [2.45, 2.75) is 25.9 Å². The second kappa shape index (κ2) is 6.99. The first-order chi connectivity index (χ1) is 11.9. The number of benzene rings is 2. The van der Waals surface area contributed by atoms with Crippen molar-refractivity contribution in [3.05, 3.63) is 65.4 Å². The van der Waals surface area contributed by atoms with Crippen LogP contribution in [0.25, 0.3) is 11.0 Å². The Morgan fingerprint density at radius 2 is 1.84 bits per heavy atom. The molecule has 2 N–H and O–H groups in total. The Morgan fingerprint density at radius 3 is 2.48 bits per heavy atom. The van der Waals surface area contributed by atoms with Gasteiger partial charge in [0, 0.05) is 5.39 Å². The van der Waals surface area contributed by atoms with E-state index in [0.29, 0.717) is 17.4 Å². The van der Waals surface area contributed by atoms with Crippen LogP contribution >= 0.6 is 0 Å². The lowest BCUT2D eigenvalue weighted by atomic mass is 10.0. The third-order valence-corrected chi connectivity index (χ3v) is 4.06. The van der Waals surface area contributed by atoms with Crippen molar-refractivity contribution in [3.8, 4) is 5.75 Å². The van der Waals surface area contributed by atoms with Crippen molar-refractivity contribution in [1.82, 2.24) is 0 Å². The summed E-state index contributed by atoms with van der Waals surface area (Å²) in [6, 6.07) is 13.8.